The van der Waals surface area contributed by atoms with Gasteiger partial charge in [0.05, 0.1) is 0 Å². The third-order valence-electron chi connectivity index (χ3n) is 1.70. The molecule has 0 aliphatic carbocycles. The molecule has 0 aliphatic rings. The molecule has 0 saturated carbocycles. The van der Waals surface area contributed by atoms with Gasteiger partial charge >= 0.3 is 0 Å². The lowest BCUT2D eigenvalue weighted by molar-refractivity contribution is 0.304. The van der Waals surface area contributed by atoms with E-state index in [0.717, 1.165) is 10.8 Å². The molecular weight excluding hydrogens is 212 g/mol. The van der Waals surface area contributed by atoms with Crippen molar-refractivity contribution < 1.29 is 4.74 Å². The maximum atomic E-state index is 5.49. The molecule has 0 saturated heterocycles. The van der Waals surface area contributed by atoms with Gasteiger partial charge in [-0.15, -0.1) is 10.2 Å². The minimum Gasteiger partial charge on any atom is -0.486 e. The van der Waals surface area contributed by atoms with Crippen molar-refractivity contribution >= 4 is 16.5 Å². The highest BCUT2D eigenvalue weighted by Crippen LogP contribution is 2.16. The first-order valence-corrected chi connectivity index (χ1v) is 5.17. The summed E-state index contributed by atoms with van der Waals surface area (Å²) in [5.74, 6) is 6.00. The number of hydrogen-bond acceptors (Lipinski definition) is 6. The molecule has 0 atom stereocenters. The second-order valence-corrected chi connectivity index (χ2v) is 3.81. The summed E-state index contributed by atoms with van der Waals surface area (Å²) in [5, 5.41) is 9.07. The number of hydrogen-bond donors (Lipinski definition) is 2. The van der Waals surface area contributed by atoms with Crippen LogP contribution in [0.25, 0.3) is 0 Å². The fourth-order valence-corrected chi connectivity index (χ4v) is 1.60. The molecule has 6 heteroatoms. The maximum Gasteiger partial charge on any atom is 0.219 e. The van der Waals surface area contributed by atoms with Crippen molar-refractivity contribution in [1.82, 2.24) is 10.2 Å². The van der Waals surface area contributed by atoms with E-state index in [1.54, 1.807) is 0 Å². The van der Waals surface area contributed by atoms with Crippen LogP contribution in [0.1, 0.15) is 5.01 Å². The van der Waals surface area contributed by atoms with Crippen molar-refractivity contribution in [3.63, 3.8) is 0 Å². The van der Waals surface area contributed by atoms with E-state index in [1.807, 2.05) is 30.3 Å². The van der Waals surface area contributed by atoms with E-state index < -0.39 is 0 Å². The zero-order valence-electron chi connectivity index (χ0n) is 7.88. The average molecular weight is 222 g/mol. The Labute approximate surface area is 90.9 Å². The molecule has 78 valence electrons. The topological polar surface area (TPSA) is 73.1 Å². The summed E-state index contributed by atoms with van der Waals surface area (Å²) < 4.78 is 5.49. The van der Waals surface area contributed by atoms with Gasteiger partial charge in [0.25, 0.3) is 0 Å². The summed E-state index contributed by atoms with van der Waals surface area (Å²) in [6.07, 6.45) is 0. The van der Waals surface area contributed by atoms with E-state index in [0.29, 0.717) is 11.7 Å². The molecule has 1 aromatic carbocycles. The van der Waals surface area contributed by atoms with Crippen LogP contribution in [-0.4, -0.2) is 10.2 Å². The molecule has 3 N–H and O–H groups in total. The van der Waals surface area contributed by atoms with Crippen LogP contribution in [0.3, 0.4) is 0 Å². The normalized spacial score (nSPS) is 9.93. The van der Waals surface area contributed by atoms with Crippen molar-refractivity contribution in [2.75, 3.05) is 5.43 Å². The number of anilines is 1. The quantitative estimate of drug-likeness (QED) is 0.604. The molecule has 2 rings (SSSR count). The van der Waals surface area contributed by atoms with E-state index >= 15 is 0 Å². The third-order valence-corrected chi connectivity index (χ3v) is 2.52. The Morgan fingerprint density at radius 3 is 2.73 bits per heavy atom. The van der Waals surface area contributed by atoms with E-state index in [2.05, 4.69) is 15.6 Å². The Hall–Kier alpha value is -1.66. The van der Waals surface area contributed by atoms with E-state index in [1.165, 1.54) is 11.3 Å². The van der Waals surface area contributed by atoms with Gasteiger partial charge in [0, 0.05) is 0 Å². The van der Waals surface area contributed by atoms with Crippen molar-refractivity contribution in [3.05, 3.63) is 35.3 Å². The molecule has 0 bridgehead atoms. The number of para-hydroxylation sites is 1. The van der Waals surface area contributed by atoms with Gasteiger partial charge in [-0.2, -0.15) is 0 Å². The smallest absolute Gasteiger partial charge is 0.219 e. The van der Waals surface area contributed by atoms with Crippen LogP contribution in [0.4, 0.5) is 5.13 Å². The molecule has 0 spiro atoms. The fourth-order valence-electron chi connectivity index (χ4n) is 1.03. The fraction of sp³-hybridized carbons (Fsp3) is 0.111. The largest absolute Gasteiger partial charge is 0.486 e. The molecule has 2 aromatic rings. The Kier molecular flexibility index (Phi) is 3.11. The third kappa shape index (κ3) is 2.64. The number of hydrazine groups is 1. The molecule has 0 radical (unpaired) electrons. The highest BCUT2D eigenvalue weighted by atomic mass is 32.1. The van der Waals surface area contributed by atoms with Crippen molar-refractivity contribution in [3.8, 4) is 5.75 Å². The highest BCUT2D eigenvalue weighted by Gasteiger charge is 2.02. The van der Waals surface area contributed by atoms with Crippen LogP contribution >= 0.6 is 11.3 Å². The van der Waals surface area contributed by atoms with Crippen LogP contribution in [0.5, 0.6) is 5.75 Å². The molecule has 15 heavy (non-hydrogen) atoms. The molecular formula is C9H10N4OS. The zero-order chi connectivity index (χ0) is 10.5. The van der Waals surface area contributed by atoms with Crippen LogP contribution in [0.2, 0.25) is 0 Å². The van der Waals surface area contributed by atoms with Crippen molar-refractivity contribution in [1.29, 1.82) is 0 Å². The molecule has 0 aliphatic heterocycles. The van der Waals surface area contributed by atoms with Crippen LogP contribution in [0.15, 0.2) is 30.3 Å². The first-order chi connectivity index (χ1) is 7.38. The first kappa shape index (κ1) is 9.88. The van der Waals surface area contributed by atoms with Gasteiger partial charge in [-0.3, -0.25) is 5.43 Å². The van der Waals surface area contributed by atoms with Crippen LogP contribution in [-0.2, 0) is 6.61 Å². The van der Waals surface area contributed by atoms with Crippen molar-refractivity contribution in [2.24, 2.45) is 5.84 Å². The molecule has 5 nitrogen and oxygen atoms in total. The number of nitrogens with two attached hydrogens (primary N) is 1. The van der Waals surface area contributed by atoms with Crippen molar-refractivity contribution in [2.45, 2.75) is 6.61 Å². The second kappa shape index (κ2) is 4.72. The predicted octanol–water partition coefficient (Wildman–Crippen LogP) is 1.40. The predicted molar refractivity (Wildman–Crippen MR) is 58.5 cm³/mol. The molecule has 0 unspecified atom stereocenters. The Morgan fingerprint density at radius 1 is 1.27 bits per heavy atom. The minimum absolute atomic E-state index is 0.406. The summed E-state index contributed by atoms with van der Waals surface area (Å²) in [4.78, 5) is 0. The molecule has 1 aromatic heterocycles. The van der Waals surface area contributed by atoms with E-state index in [4.69, 9.17) is 10.6 Å². The lowest BCUT2D eigenvalue weighted by Crippen LogP contribution is -2.05. The summed E-state index contributed by atoms with van der Waals surface area (Å²) >= 11 is 1.37. The SMILES string of the molecule is NNc1nnc(COc2ccccc2)s1. The molecule has 0 amide bonds. The van der Waals surface area contributed by atoms with Gasteiger partial charge < -0.3 is 4.74 Å². The first-order valence-electron chi connectivity index (χ1n) is 4.35. The summed E-state index contributed by atoms with van der Waals surface area (Å²) in [7, 11) is 0. The molecule has 1 heterocycles. The van der Waals surface area contributed by atoms with Gasteiger partial charge in [-0.1, -0.05) is 29.5 Å². The van der Waals surface area contributed by atoms with Gasteiger partial charge in [-0.05, 0) is 12.1 Å². The van der Waals surface area contributed by atoms with E-state index in [9.17, 15) is 0 Å². The maximum absolute atomic E-state index is 5.49. The zero-order valence-corrected chi connectivity index (χ0v) is 8.70. The Balaban J connectivity index is 1.93. The number of nitrogen functional groups attached to an aromatic ring is 1. The Morgan fingerprint density at radius 2 is 2.07 bits per heavy atom. The van der Waals surface area contributed by atoms with Crippen LogP contribution in [0, 0.1) is 0 Å². The number of nitrogens with zero attached hydrogens (tertiary/aromatic N) is 2. The number of nitrogens with one attached hydrogen (secondary N) is 1. The number of rotatable bonds is 4. The highest BCUT2D eigenvalue weighted by molar-refractivity contribution is 7.15. The van der Waals surface area contributed by atoms with Crippen LogP contribution < -0.4 is 16.0 Å². The molecule has 0 fully saturated rings. The summed E-state index contributed by atoms with van der Waals surface area (Å²) in [6.45, 7) is 0.406. The van der Waals surface area contributed by atoms with Gasteiger partial charge in [0.15, 0.2) is 5.01 Å². The number of benzene rings is 1. The monoisotopic (exact) mass is 222 g/mol. The lowest BCUT2D eigenvalue weighted by atomic mass is 10.3. The van der Waals surface area contributed by atoms with Gasteiger partial charge in [0.1, 0.15) is 12.4 Å². The summed E-state index contributed by atoms with van der Waals surface area (Å²) in [6, 6.07) is 9.56. The average Bonchev–Trinajstić information content (AvgIpc) is 2.76. The summed E-state index contributed by atoms with van der Waals surface area (Å²) in [5.41, 5.74) is 2.43. The standard InChI is InChI=1S/C9H10N4OS/c10-11-9-13-12-8(15-9)6-14-7-4-2-1-3-5-7/h1-5H,6,10H2,(H,11,13). The number of aromatic nitrogens is 2. The second-order valence-electron chi connectivity index (χ2n) is 2.75. The van der Waals surface area contributed by atoms with Gasteiger partial charge in [0.2, 0.25) is 5.13 Å². The van der Waals surface area contributed by atoms with E-state index in [-0.39, 0.29) is 0 Å². The van der Waals surface area contributed by atoms with Gasteiger partial charge in [-0.25, -0.2) is 5.84 Å². The lowest BCUT2D eigenvalue weighted by Gasteiger charge is -2.01. The number of ether oxygens (including phenoxy) is 1. The Bertz CT molecular complexity index is 417. The minimum atomic E-state index is 0.406.